The fourth-order valence-corrected chi connectivity index (χ4v) is 3.32. The first kappa shape index (κ1) is 19.4. The third kappa shape index (κ3) is 5.30. The van der Waals surface area contributed by atoms with E-state index in [0.717, 1.165) is 45.3 Å². The van der Waals surface area contributed by atoms with Crippen molar-refractivity contribution in [1.29, 1.82) is 0 Å². The van der Waals surface area contributed by atoms with E-state index in [4.69, 9.17) is 0 Å². The van der Waals surface area contributed by atoms with E-state index in [1.54, 1.807) is 24.3 Å². The number of nitrogens with one attached hydrogen (secondary N) is 2. The maximum atomic E-state index is 12.7. The normalized spacial score (nSPS) is 20.1. The van der Waals surface area contributed by atoms with E-state index in [-0.39, 0.29) is 23.9 Å². The summed E-state index contributed by atoms with van der Waals surface area (Å²) in [7, 11) is 0. The minimum Gasteiger partial charge on any atom is -0.348 e. The molecule has 0 saturated carbocycles. The van der Waals surface area contributed by atoms with Crippen molar-refractivity contribution in [3.8, 4) is 0 Å². The van der Waals surface area contributed by atoms with Gasteiger partial charge in [-0.3, -0.25) is 9.59 Å². The molecule has 2 unspecified atom stereocenters. The molecule has 0 spiro atoms. The van der Waals surface area contributed by atoms with Gasteiger partial charge in [0.25, 0.3) is 11.8 Å². The molecule has 5 nitrogen and oxygen atoms in total. The monoisotopic (exact) mass is 345 g/mol. The van der Waals surface area contributed by atoms with Crippen LogP contribution in [0.4, 0.5) is 0 Å². The molecule has 2 N–H and O–H groups in total. The van der Waals surface area contributed by atoms with Crippen molar-refractivity contribution in [2.24, 2.45) is 0 Å². The number of carbonyl (C=O) groups is 2. The van der Waals surface area contributed by atoms with Crippen LogP contribution in [0.15, 0.2) is 24.3 Å². The topological polar surface area (TPSA) is 61.4 Å². The highest BCUT2D eigenvalue weighted by atomic mass is 16.2. The molecule has 2 rings (SSSR count). The summed E-state index contributed by atoms with van der Waals surface area (Å²) in [6.45, 7) is 8.72. The molecule has 1 aromatic rings. The summed E-state index contributed by atoms with van der Waals surface area (Å²) < 4.78 is 0. The first-order valence-electron chi connectivity index (χ1n) is 9.50. The van der Waals surface area contributed by atoms with Crippen LogP contribution >= 0.6 is 0 Å². The first-order valence-corrected chi connectivity index (χ1v) is 9.50. The number of benzene rings is 1. The number of piperidine rings is 1. The minimum absolute atomic E-state index is 0.00560. The Balaban J connectivity index is 2.08. The fraction of sp³-hybridized carbons (Fsp3) is 0.600. The zero-order valence-corrected chi connectivity index (χ0v) is 15.7. The summed E-state index contributed by atoms with van der Waals surface area (Å²) in [6, 6.07) is 7.49. The summed E-state index contributed by atoms with van der Waals surface area (Å²) in [5.41, 5.74) is 1.14. The lowest BCUT2D eigenvalue weighted by molar-refractivity contribution is 0.0755. The number of hydrogen-bond acceptors (Lipinski definition) is 3. The van der Waals surface area contributed by atoms with E-state index in [0.29, 0.717) is 11.1 Å². The van der Waals surface area contributed by atoms with Crippen LogP contribution in [-0.2, 0) is 0 Å². The summed E-state index contributed by atoms with van der Waals surface area (Å²) in [5, 5.41) is 6.49. The molecule has 25 heavy (non-hydrogen) atoms. The van der Waals surface area contributed by atoms with Crippen molar-refractivity contribution in [2.45, 2.75) is 58.5 Å². The van der Waals surface area contributed by atoms with Gasteiger partial charge in [-0.25, -0.2) is 0 Å². The maximum Gasteiger partial charge on any atom is 0.253 e. The Morgan fingerprint density at radius 2 is 1.88 bits per heavy atom. The fourth-order valence-electron chi connectivity index (χ4n) is 3.32. The predicted molar refractivity (Wildman–Crippen MR) is 101 cm³/mol. The zero-order chi connectivity index (χ0) is 18.2. The molecule has 5 heteroatoms. The zero-order valence-electron chi connectivity index (χ0n) is 15.7. The molecule has 1 aromatic carbocycles. The van der Waals surface area contributed by atoms with Gasteiger partial charge in [0.05, 0.1) is 0 Å². The number of hydrogen-bond donors (Lipinski definition) is 2. The van der Waals surface area contributed by atoms with Gasteiger partial charge in [-0.15, -0.1) is 0 Å². The second-order valence-corrected chi connectivity index (χ2v) is 6.84. The molecule has 1 fully saturated rings. The molecule has 0 aliphatic carbocycles. The Labute approximate surface area is 151 Å². The Bertz CT molecular complexity index is 582. The van der Waals surface area contributed by atoms with Gasteiger partial charge in [-0.05, 0) is 57.4 Å². The van der Waals surface area contributed by atoms with Crippen LogP contribution in [0.5, 0.6) is 0 Å². The van der Waals surface area contributed by atoms with Crippen molar-refractivity contribution >= 4 is 11.8 Å². The highest BCUT2D eigenvalue weighted by Gasteiger charge is 2.23. The lowest BCUT2D eigenvalue weighted by Crippen LogP contribution is -2.51. The Kier molecular flexibility index (Phi) is 7.44. The van der Waals surface area contributed by atoms with Gasteiger partial charge in [0.1, 0.15) is 0 Å². The van der Waals surface area contributed by atoms with Crippen LogP contribution in [0, 0.1) is 0 Å². The van der Waals surface area contributed by atoms with E-state index in [1.807, 2.05) is 4.90 Å². The third-order valence-corrected chi connectivity index (χ3v) is 4.72. The predicted octanol–water partition coefficient (Wildman–Crippen LogP) is 2.82. The lowest BCUT2D eigenvalue weighted by Gasteiger charge is -2.30. The van der Waals surface area contributed by atoms with Crippen molar-refractivity contribution in [2.75, 3.05) is 19.6 Å². The van der Waals surface area contributed by atoms with E-state index in [2.05, 4.69) is 31.4 Å². The van der Waals surface area contributed by atoms with Crippen molar-refractivity contribution in [3.63, 3.8) is 0 Å². The Morgan fingerprint density at radius 3 is 2.52 bits per heavy atom. The Hall–Kier alpha value is -1.88. The van der Waals surface area contributed by atoms with Gasteiger partial charge in [-0.2, -0.15) is 0 Å². The van der Waals surface area contributed by atoms with Crippen molar-refractivity contribution < 1.29 is 9.59 Å². The quantitative estimate of drug-likeness (QED) is 0.799. The molecule has 1 saturated heterocycles. The van der Waals surface area contributed by atoms with Gasteiger partial charge < -0.3 is 15.5 Å². The molecule has 1 aliphatic rings. The smallest absolute Gasteiger partial charge is 0.253 e. The Morgan fingerprint density at radius 1 is 1.20 bits per heavy atom. The van der Waals surface area contributed by atoms with Crippen LogP contribution in [0.25, 0.3) is 0 Å². The van der Waals surface area contributed by atoms with Gasteiger partial charge in [0, 0.05) is 36.3 Å². The number of rotatable bonds is 7. The second kappa shape index (κ2) is 9.56. The number of nitrogens with zero attached hydrogens (tertiary/aromatic N) is 1. The highest BCUT2D eigenvalue weighted by molar-refractivity contribution is 5.99. The van der Waals surface area contributed by atoms with Crippen molar-refractivity contribution in [1.82, 2.24) is 15.5 Å². The van der Waals surface area contributed by atoms with Crippen LogP contribution in [0.1, 0.15) is 67.2 Å². The van der Waals surface area contributed by atoms with Gasteiger partial charge >= 0.3 is 0 Å². The maximum absolute atomic E-state index is 12.7. The molecule has 0 aromatic heterocycles. The summed E-state index contributed by atoms with van der Waals surface area (Å²) >= 11 is 0. The van der Waals surface area contributed by atoms with Crippen LogP contribution < -0.4 is 10.6 Å². The molecular weight excluding hydrogens is 314 g/mol. The molecule has 1 heterocycles. The number of amides is 2. The van der Waals surface area contributed by atoms with Gasteiger partial charge in [0.2, 0.25) is 0 Å². The SMILES string of the molecule is CCCN(CCC)C(=O)c1cccc(C(=O)NC2CCCNC2C)c1. The molecule has 2 amide bonds. The summed E-state index contributed by atoms with van der Waals surface area (Å²) in [5.74, 6) is -0.0983. The van der Waals surface area contributed by atoms with Gasteiger partial charge in [-0.1, -0.05) is 19.9 Å². The highest BCUT2D eigenvalue weighted by Crippen LogP contribution is 2.13. The largest absolute Gasteiger partial charge is 0.348 e. The van der Waals surface area contributed by atoms with Crippen molar-refractivity contribution in [3.05, 3.63) is 35.4 Å². The van der Waals surface area contributed by atoms with E-state index in [1.165, 1.54) is 0 Å². The molecule has 2 atom stereocenters. The van der Waals surface area contributed by atoms with Crippen LogP contribution in [0.3, 0.4) is 0 Å². The van der Waals surface area contributed by atoms with Gasteiger partial charge in [0.15, 0.2) is 0 Å². The van der Waals surface area contributed by atoms with E-state index < -0.39 is 0 Å². The summed E-state index contributed by atoms with van der Waals surface area (Å²) in [4.78, 5) is 27.2. The lowest BCUT2D eigenvalue weighted by atomic mass is 9.99. The van der Waals surface area contributed by atoms with Crippen LogP contribution in [-0.4, -0.2) is 48.4 Å². The molecular formula is C20H31N3O2. The van der Waals surface area contributed by atoms with Crippen LogP contribution in [0.2, 0.25) is 0 Å². The number of carbonyl (C=O) groups excluding carboxylic acids is 2. The first-order chi connectivity index (χ1) is 12.1. The minimum atomic E-state index is -0.104. The molecule has 0 bridgehead atoms. The average Bonchev–Trinajstić information content (AvgIpc) is 2.63. The molecule has 1 aliphatic heterocycles. The average molecular weight is 345 g/mol. The molecule has 0 radical (unpaired) electrons. The van der Waals surface area contributed by atoms with E-state index >= 15 is 0 Å². The molecule has 138 valence electrons. The van der Waals surface area contributed by atoms with E-state index in [9.17, 15) is 9.59 Å². The second-order valence-electron chi connectivity index (χ2n) is 6.84. The third-order valence-electron chi connectivity index (χ3n) is 4.72. The summed E-state index contributed by atoms with van der Waals surface area (Å²) in [6.07, 6.45) is 3.91. The standard InChI is InChI=1S/C20H31N3O2/c1-4-12-23(13-5-2)20(25)17-9-6-8-16(14-17)19(24)22-18-10-7-11-21-15(18)3/h6,8-9,14-15,18,21H,4-5,7,10-13H2,1-3H3,(H,22,24).